The molecule has 0 aliphatic carbocycles. The molecule has 2 heterocycles. The molecule has 12 heteroatoms. The summed E-state index contributed by atoms with van der Waals surface area (Å²) in [4.78, 5) is 47.6. The molecule has 1 aliphatic rings. The third-order valence-corrected chi connectivity index (χ3v) is 9.73. The highest BCUT2D eigenvalue weighted by Gasteiger charge is 2.35. The maximum absolute atomic E-state index is 13.5. The summed E-state index contributed by atoms with van der Waals surface area (Å²) in [6, 6.07) is 6.50. The van der Waals surface area contributed by atoms with E-state index in [-0.39, 0.29) is 41.3 Å². The van der Waals surface area contributed by atoms with Gasteiger partial charge >= 0.3 is 0 Å². The molecule has 1 aromatic heterocycles. The predicted molar refractivity (Wildman–Crippen MR) is 169 cm³/mol. The van der Waals surface area contributed by atoms with Crippen LogP contribution in [0.3, 0.4) is 0 Å². The summed E-state index contributed by atoms with van der Waals surface area (Å²) in [6.45, 7) is 9.65. The van der Waals surface area contributed by atoms with Gasteiger partial charge in [-0.1, -0.05) is 38.8 Å². The molecule has 0 radical (unpaired) electrons. The number of hydrogen-bond acceptors (Lipinski definition) is 8. The van der Waals surface area contributed by atoms with E-state index in [1.165, 1.54) is 11.3 Å². The largest absolute Gasteiger partial charge is 0.399 e. The van der Waals surface area contributed by atoms with Crippen LogP contribution in [0.2, 0.25) is 0 Å². The van der Waals surface area contributed by atoms with Crippen LogP contribution in [0.1, 0.15) is 80.9 Å². The molecule has 4 N–H and O–H groups in total. The first-order valence-corrected chi connectivity index (χ1v) is 17.0. The van der Waals surface area contributed by atoms with Gasteiger partial charge in [-0.3, -0.25) is 24.0 Å². The first-order chi connectivity index (χ1) is 20.0. The number of amides is 3. The Morgan fingerprint density at radius 3 is 2.57 bits per heavy atom. The second-order valence-electron chi connectivity index (χ2n) is 11.4. The number of aryl methyl sites for hydroxylation is 1. The highest BCUT2D eigenvalue weighted by atomic mass is 32.2. The van der Waals surface area contributed by atoms with Crippen LogP contribution in [0.4, 0.5) is 5.69 Å². The molecular weight excluding hydrogens is 573 g/mol. The van der Waals surface area contributed by atoms with Crippen LogP contribution in [-0.2, 0) is 32.7 Å². The number of nitrogens with one attached hydrogen (secondary N) is 2. The molecule has 232 valence electrons. The number of nitrogen functional groups attached to an aromatic ring is 1. The van der Waals surface area contributed by atoms with Crippen molar-refractivity contribution in [3.8, 4) is 0 Å². The highest BCUT2D eigenvalue weighted by molar-refractivity contribution is 7.82. The number of hydrogen-bond donors (Lipinski definition) is 3. The Hall–Kier alpha value is -2.83. The summed E-state index contributed by atoms with van der Waals surface area (Å²) in [7, 11) is 0.177. The number of anilines is 1. The lowest BCUT2D eigenvalue weighted by atomic mass is 9.95. The third kappa shape index (κ3) is 9.60. The molecule has 1 aromatic carbocycles. The van der Waals surface area contributed by atoms with Gasteiger partial charge in [-0.05, 0) is 63.3 Å². The predicted octanol–water partition coefficient (Wildman–Crippen LogP) is 3.50. The number of nitrogens with two attached hydrogens (primary N) is 1. The summed E-state index contributed by atoms with van der Waals surface area (Å²) in [6.07, 6.45) is 4.95. The van der Waals surface area contributed by atoms with Crippen LogP contribution in [0.5, 0.6) is 0 Å². The van der Waals surface area contributed by atoms with Gasteiger partial charge in [0.25, 0.3) is 5.91 Å². The maximum atomic E-state index is 13.5. The molecule has 0 saturated carbocycles. The number of thiazole rings is 1. The normalized spacial score (nSPS) is 17.8. The zero-order valence-corrected chi connectivity index (χ0v) is 27.1. The van der Waals surface area contributed by atoms with Crippen molar-refractivity contribution >= 4 is 45.7 Å². The highest BCUT2D eigenvalue weighted by Crippen LogP contribution is 2.21. The van der Waals surface area contributed by atoms with Crippen molar-refractivity contribution in [3.05, 3.63) is 45.9 Å². The fourth-order valence-electron chi connectivity index (χ4n) is 5.09. The lowest BCUT2D eigenvalue weighted by molar-refractivity contribution is -0.139. The molecular formula is C30H46N6O4S2. The Morgan fingerprint density at radius 1 is 1.19 bits per heavy atom. The Morgan fingerprint density at radius 2 is 1.90 bits per heavy atom. The minimum Gasteiger partial charge on any atom is -0.399 e. The second kappa shape index (κ2) is 16.1. The fourth-order valence-corrected chi connectivity index (χ4v) is 6.79. The SMILES string of the molecule is CCC(C)C(NC(=O)C1CCCCN1C(C)C)C(=O)N(C)CCCc1nc(C(=O)NS(=O)Cc2ccc(N)cc2)cs1. The van der Waals surface area contributed by atoms with Gasteiger partial charge in [-0.25, -0.2) is 9.19 Å². The van der Waals surface area contributed by atoms with Crippen molar-refractivity contribution in [2.75, 3.05) is 25.9 Å². The summed E-state index contributed by atoms with van der Waals surface area (Å²) >= 11 is 1.36. The van der Waals surface area contributed by atoms with E-state index >= 15 is 0 Å². The number of rotatable bonds is 14. The van der Waals surface area contributed by atoms with Gasteiger partial charge in [0.2, 0.25) is 11.8 Å². The lowest BCUT2D eigenvalue weighted by Crippen LogP contribution is -2.58. The monoisotopic (exact) mass is 618 g/mol. The van der Waals surface area contributed by atoms with Crippen molar-refractivity contribution in [2.45, 2.75) is 90.1 Å². The third-order valence-electron chi connectivity index (χ3n) is 7.82. The van der Waals surface area contributed by atoms with Gasteiger partial charge < -0.3 is 16.0 Å². The Balaban J connectivity index is 1.50. The molecule has 10 nitrogen and oxygen atoms in total. The van der Waals surface area contributed by atoms with E-state index in [1.54, 1.807) is 41.6 Å². The average molecular weight is 619 g/mol. The van der Waals surface area contributed by atoms with E-state index in [0.29, 0.717) is 25.1 Å². The van der Waals surface area contributed by atoms with E-state index in [9.17, 15) is 18.6 Å². The average Bonchev–Trinajstić information content (AvgIpc) is 3.45. The molecule has 1 aliphatic heterocycles. The number of likely N-dealkylation sites (tertiary alicyclic amines) is 1. The van der Waals surface area contributed by atoms with Crippen LogP contribution in [0.25, 0.3) is 0 Å². The molecule has 4 atom stereocenters. The molecule has 0 spiro atoms. The van der Waals surface area contributed by atoms with Gasteiger partial charge in [0.05, 0.1) is 16.8 Å². The lowest BCUT2D eigenvalue weighted by Gasteiger charge is -2.38. The van der Waals surface area contributed by atoms with Gasteiger partial charge in [-0.15, -0.1) is 11.3 Å². The number of piperidine rings is 1. The number of aromatic nitrogens is 1. The molecule has 1 fully saturated rings. The van der Waals surface area contributed by atoms with Crippen LogP contribution in [0.15, 0.2) is 29.6 Å². The van der Waals surface area contributed by atoms with Gasteiger partial charge in [0.15, 0.2) is 0 Å². The molecule has 2 aromatic rings. The Bertz CT molecular complexity index is 1220. The van der Waals surface area contributed by atoms with E-state index in [0.717, 1.165) is 42.8 Å². The Kier molecular flexibility index (Phi) is 12.9. The topological polar surface area (TPSA) is 138 Å². The summed E-state index contributed by atoms with van der Waals surface area (Å²) < 4.78 is 14.9. The summed E-state index contributed by atoms with van der Waals surface area (Å²) in [5.41, 5.74) is 7.33. The fraction of sp³-hybridized carbons (Fsp3) is 0.600. The van der Waals surface area contributed by atoms with Crippen LogP contribution in [-0.4, -0.2) is 75.0 Å². The van der Waals surface area contributed by atoms with E-state index in [4.69, 9.17) is 5.73 Å². The minimum absolute atomic E-state index is 0.00518. The summed E-state index contributed by atoms with van der Waals surface area (Å²) in [5.74, 6) is -0.450. The molecule has 0 bridgehead atoms. The van der Waals surface area contributed by atoms with Crippen LogP contribution < -0.4 is 15.8 Å². The van der Waals surface area contributed by atoms with Crippen molar-refractivity contribution in [1.29, 1.82) is 0 Å². The van der Waals surface area contributed by atoms with Crippen molar-refractivity contribution in [1.82, 2.24) is 24.8 Å². The van der Waals surface area contributed by atoms with Gasteiger partial charge in [0, 0.05) is 37.1 Å². The van der Waals surface area contributed by atoms with Crippen molar-refractivity contribution < 1.29 is 18.6 Å². The number of likely N-dealkylation sites (N-methyl/N-ethyl adjacent to an activating group) is 1. The second-order valence-corrected chi connectivity index (χ2v) is 13.5. The van der Waals surface area contributed by atoms with E-state index < -0.39 is 22.9 Å². The number of nitrogens with zero attached hydrogens (tertiary/aromatic N) is 3. The number of carbonyl (C=O) groups excluding carboxylic acids is 3. The summed E-state index contributed by atoms with van der Waals surface area (Å²) in [5, 5.41) is 5.52. The Labute approximate surface area is 256 Å². The zero-order chi connectivity index (χ0) is 30.8. The zero-order valence-electron chi connectivity index (χ0n) is 25.4. The first kappa shape index (κ1) is 33.7. The first-order valence-electron chi connectivity index (χ1n) is 14.8. The molecule has 4 unspecified atom stereocenters. The molecule has 42 heavy (non-hydrogen) atoms. The molecule has 3 rings (SSSR count). The number of benzene rings is 1. The number of carbonyl (C=O) groups is 3. The molecule has 3 amide bonds. The van der Waals surface area contributed by atoms with E-state index in [1.807, 2.05) is 13.8 Å². The van der Waals surface area contributed by atoms with Crippen LogP contribution >= 0.6 is 11.3 Å². The van der Waals surface area contributed by atoms with E-state index in [2.05, 4.69) is 33.8 Å². The standard InChI is InChI=1S/C30H46N6O4S2/c1-6-21(4)27(33-29(38)25-10-7-8-17-36(25)20(2)3)30(39)35(5)16-9-11-26-32-24(18-41-26)28(37)34-42(40)19-22-12-14-23(31)15-13-22/h12-15,18,20-21,25,27H,6-11,16-17,19,31H2,1-5H3,(H,33,38)(H,34,37). The van der Waals surface area contributed by atoms with Crippen molar-refractivity contribution in [3.63, 3.8) is 0 Å². The minimum atomic E-state index is -1.59. The quantitative estimate of drug-likeness (QED) is 0.276. The smallest absolute Gasteiger partial charge is 0.282 e. The van der Waals surface area contributed by atoms with Crippen LogP contribution in [0, 0.1) is 5.92 Å². The maximum Gasteiger partial charge on any atom is 0.282 e. The van der Waals surface area contributed by atoms with Gasteiger partial charge in [0.1, 0.15) is 22.7 Å². The van der Waals surface area contributed by atoms with Crippen molar-refractivity contribution in [2.24, 2.45) is 5.92 Å². The van der Waals surface area contributed by atoms with Gasteiger partial charge in [-0.2, -0.15) is 0 Å². The molecule has 1 saturated heterocycles.